The highest BCUT2D eigenvalue weighted by atomic mass is 35.5. The van der Waals surface area contributed by atoms with Crippen molar-refractivity contribution in [1.82, 2.24) is 4.90 Å². The van der Waals surface area contributed by atoms with Crippen molar-refractivity contribution in [3.63, 3.8) is 0 Å². The Hall–Kier alpha value is -3.67. The van der Waals surface area contributed by atoms with Crippen LogP contribution in [-0.2, 0) is 11.0 Å². The van der Waals surface area contributed by atoms with Crippen LogP contribution in [0.3, 0.4) is 0 Å². The van der Waals surface area contributed by atoms with E-state index in [9.17, 15) is 38.2 Å². The van der Waals surface area contributed by atoms with Gasteiger partial charge >= 0.3 is 6.18 Å². The normalized spacial score (nSPS) is 14.5. The summed E-state index contributed by atoms with van der Waals surface area (Å²) in [5.74, 6) is -0.380. The SMILES string of the molecule is O=C(/C=C/c1ccc(Cl)c([N+](=O)[O-])c1)N1CCN(c2ccc(C(F)(F)F)cc2[N+](=O)[O-])CC1. The molecule has 1 aliphatic rings. The summed E-state index contributed by atoms with van der Waals surface area (Å²) in [5, 5.41) is 22.2. The van der Waals surface area contributed by atoms with Crippen LogP contribution in [0.25, 0.3) is 6.08 Å². The lowest BCUT2D eigenvalue weighted by molar-refractivity contribution is -0.384. The van der Waals surface area contributed by atoms with E-state index < -0.39 is 27.3 Å². The molecule has 0 aliphatic carbocycles. The molecule has 0 atom stereocenters. The number of carbonyl (C=O) groups excluding carboxylic acids is 1. The second kappa shape index (κ2) is 9.45. The van der Waals surface area contributed by atoms with Crippen LogP contribution in [-0.4, -0.2) is 46.8 Å². The number of amides is 1. The van der Waals surface area contributed by atoms with Crippen molar-refractivity contribution in [3.8, 4) is 0 Å². The molecule has 2 aromatic carbocycles. The third kappa shape index (κ3) is 5.58. The standard InChI is InChI=1S/C20H16ClF3N4O5/c21-15-4-1-13(11-17(15)27(30)31)2-6-19(29)26-9-7-25(8-10-26)16-5-3-14(20(22,23)24)12-18(16)28(32)33/h1-6,11-12H,7-10H2/b6-2+. The lowest BCUT2D eigenvalue weighted by Gasteiger charge is -2.35. The van der Waals surface area contributed by atoms with E-state index in [0.717, 1.165) is 12.1 Å². The molecule has 0 radical (unpaired) electrons. The van der Waals surface area contributed by atoms with Crippen LogP contribution in [0.15, 0.2) is 42.5 Å². The largest absolute Gasteiger partial charge is 0.416 e. The predicted octanol–water partition coefficient (Wildman–Crippen LogP) is 4.54. The highest BCUT2D eigenvalue weighted by molar-refractivity contribution is 6.32. The number of nitrogens with zero attached hydrogens (tertiary/aromatic N) is 4. The molecule has 0 bridgehead atoms. The number of nitro benzene ring substituents is 2. The second-order valence-electron chi connectivity index (χ2n) is 7.07. The Morgan fingerprint density at radius 3 is 2.18 bits per heavy atom. The van der Waals surface area contributed by atoms with E-state index in [1.807, 2.05) is 0 Å². The zero-order valence-corrected chi connectivity index (χ0v) is 17.5. The van der Waals surface area contributed by atoms with Gasteiger partial charge in [0.1, 0.15) is 10.7 Å². The van der Waals surface area contributed by atoms with Gasteiger partial charge in [-0.25, -0.2) is 0 Å². The van der Waals surface area contributed by atoms with Gasteiger partial charge < -0.3 is 9.80 Å². The molecule has 9 nitrogen and oxygen atoms in total. The number of halogens is 4. The number of rotatable bonds is 5. The van der Waals surface area contributed by atoms with E-state index in [1.165, 1.54) is 35.3 Å². The van der Waals surface area contributed by atoms with Gasteiger partial charge in [-0.15, -0.1) is 0 Å². The Bertz CT molecular complexity index is 1130. The van der Waals surface area contributed by atoms with Crippen molar-refractivity contribution >= 4 is 40.6 Å². The lowest BCUT2D eigenvalue weighted by Crippen LogP contribution is -2.48. The molecular weight excluding hydrogens is 469 g/mol. The third-order valence-corrected chi connectivity index (χ3v) is 5.34. The first kappa shape index (κ1) is 24.0. The third-order valence-electron chi connectivity index (χ3n) is 5.02. The summed E-state index contributed by atoms with van der Waals surface area (Å²) in [7, 11) is 0. The molecule has 1 heterocycles. The van der Waals surface area contributed by atoms with E-state index in [2.05, 4.69) is 0 Å². The fourth-order valence-electron chi connectivity index (χ4n) is 3.33. The van der Waals surface area contributed by atoms with Gasteiger partial charge in [-0.1, -0.05) is 17.7 Å². The van der Waals surface area contributed by atoms with Crippen LogP contribution in [0.2, 0.25) is 5.02 Å². The maximum absolute atomic E-state index is 12.9. The van der Waals surface area contributed by atoms with Crippen molar-refractivity contribution in [2.24, 2.45) is 0 Å². The molecule has 0 N–H and O–H groups in total. The topological polar surface area (TPSA) is 110 Å². The zero-order chi connectivity index (χ0) is 24.3. The zero-order valence-electron chi connectivity index (χ0n) is 16.8. The van der Waals surface area contributed by atoms with Gasteiger partial charge in [0.15, 0.2) is 0 Å². The van der Waals surface area contributed by atoms with Crippen molar-refractivity contribution in [1.29, 1.82) is 0 Å². The molecule has 3 rings (SSSR count). The minimum absolute atomic E-state index is 0.0306. The maximum Gasteiger partial charge on any atom is 0.416 e. The molecule has 0 aromatic heterocycles. The van der Waals surface area contributed by atoms with Crippen molar-refractivity contribution in [3.05, 3.63) is 78.9 Å². The molecule has 174 valence electrons. The molecule has 0 unspecified atom stereocenters. The van der Waals surface area contributed by atoms with Crippen LogP contribution in [0.5, 0.6) is 0 Å². The number of alkyl halides is 3. The summed E-state index contributed by atoms with van der Waals surface area (Å²) in [5.41, 5.74) is -1.62. The maximum atomic E-state index is 12.9. The molecule has 13 heteroatoms. The van der Waals surface area contributed by atoms with Gasteiger partial charge in [-0.2, -0.15) is 13.2 Å². The van der Waals surface area contributed by atoms with Crippen molar-refractivity contribution < 1.29 is 27.8 Å². The first-order valence-electron chi connectivity index (χ1n) is 9.49. The van der Waals surface area contributed by atoms with Gasteiger partial charge in [0.2, 0.25) is 5.91 Å². The van der Waals surface area contributed by atoms with Gasteiger partial charge in [-0.3, -0.25) is 25.0 Å². The van der Waals surface area contributed by atoms with E-state index in [4.69, 9.17) is 11.6 Å². The van der Waals surface area contributed by atoms with Crippen LogP contribution >= 0.6 is 11.6 Å². The number of piperazine rings is 1. The van der Waals surface area contributed by atoms with Crippen LogP contribution in [0.1, 0.15) is 11.1 Å². The predicted molar refractivity (Wildman–Crippen MR) is 114 cm³/mol. The first-order valence-corrected chi connectivity index (χ1v) is 9.86. The number of hydrogen-bond donors (Lipinski definition) is 0. The lowest BCUT2D eigenvalue weighted by atomic mass is 10.1. The average molecular weight is 485 g/mol. The smallest absolute Gasteiger partial charge is 0.362 e. The molecule has 1 aliphatic heterocycles. The fourth-order valence-corrected chi connectivity index (χ4v) is 3.51. The Morgan fingerprint density at radius 1 is 0.970 bits per heavy atom. The monoisotopic (exact) mass is 484 g/mol. The fraction of sp³-hybridized carbons (Fsp3) is 0.250. The van der Waals surface area contributed by atoms with Crippen LogP contribution in [0, 0.1) is 20.2 Å². The Morgan fingerprint density at radius 2 is 1.61 bits per heavy atom. The quantitative estimate of drug-likeness (QED) is 0.350. The Balaban J connectivity index is 1.68. The summed E-state index contributed by atoms with van der Waals surface area (Å²) >= 11 is 5.76. The van der Waals surface area contributed by atoms with Gasteiger partial charge in [0.05, 0.1) is 15.4 Å². The number of carbonyl (C=O) groups is 1. The molecule has 0 spiro atoms. The van der Waals surface area contributed by atoms with E-state index >= 15 is 0 Å². The number of hydrogen-bond acceptors (Lipinski definition) is 6. The summed E-state index contributed by atoms with van der Waals surface area (Å²) in [6.07, 6.45) is -2.06. The van der Waals surface area contributed by atoms with Gasteiger partial charge in [0.25, 0.3) is 11.4 Å². The number of anilines is 1. The highest BCUT2D eigenvalue weighted by Crippen LogP contribution is 2.36. The average Bonchev–Trinajstić information content (AvgIpc) is 2.77. The second-order valence-corrected chi connectivity index (χ2v) is 7.48. The molecule has 1 fully saturated rings. The van der Waals surface area contributed by atoms with E-state index in [1.54, 1.807) is 4.90 Å². The molecule has 33 heavy (non-hydrogen) atoms. The van der Waals surface area contributed by atoms with Gasteiger partial charge in [-0.05, 0) is 29.8 Å². The minimum atomic E-state index is -4.70. The first-order chi connectivity index (χ1) is 15.5. The minimum Gasteiger partial charge on any atom is -0.362 e. The molecule has 1 amide bonds. The van der Waals surface area contributed by atoms with Crippen LogP contribution in [0.4, 0.5) is 30.2 Å². The highest BCUT2D eigenvalue weighted by Gasteiger charge is 2.34. The van der Waals surface area contributed by atoms with Crippen molar-refractivity contribution in [2.45, 2.75) is 6.18 Å². The number of benzene rings is 2. The van der Waals surface area contributed by atoms with Crippen molar-refractivity contribution in [2.75, 3.05) is 31.1 Å². The summed E-state index contributed by atoms with van der Waals surface area (Å²) < 4.78 is 38.7. The molecule has 2 aromatic rings. The van der Waals surface area contributed by atoms with E-state index in [0.29, 0.717) is 11.6 Å². The summed E-state index contributed by atoms with van der Waals surface area (Å²) in [6.45, 7) is 0.723. The molecule has 0 saturated carbocycles. The summed E-state index contributed by atoms with van der Waals surface area (Å²) in [4.78, 5) is 36.2. The van der Waals surface area contributed by atoms with Crippen LogP contribution < -0.4 is 4.90 Å². The molecule has 1 saturated heterocycles. The molecular formula is C20H16ClF3N4O5. The van der Waals surface area contributed by atoms with E-state index in [-0.39, 0.29) is 48.5 Å². The Kier molecular flexibility index (Phi) is 6.86. The summed E-state index contributed by atoms with van der Waals surface area (Å²) in [6, 6.07) is 6.44. The van der Waals surface area contributed by atoms with Gasteiger partial charge in [0, 0.05) is 44.4 Å². The number of nitro groups is 2. The Labute approximate surface area is 189 Å².